The maximum atomic E-state index is 11.8. The first-order valence-corrected chi connectivity index (χ1v) is 16.8. The van der Waals surface area contributed by atoms with E-state index in [1.807, 2.05) is 18.3 Å². The minimum atomic E-state index is -0.157. The summed E-state index contributed by atoms with van der Waals surface area (Å²) in [4.78, 5) is 16.2. The van der Waals surface area contributed by atoms with Gasteiger partial charge in [-0.3, -0.25) is 9.78 Å². The third kappa shape index (κ3) is 6.55. The summed E-state index contributed by atoms with van der Waals surface area (Å²) in [5.41, 5.74) is 1.77. The molecule has 4 saturated carbocycles. The zero-order valence-electron chi connectivity index (χ0n) is 26.2. The van der Waals surface area contributed by atoms with Crippen LogP contribution in [0.4, 0.5) is 0 Å². The largest absolute Gasteiger partial charge is 0.469 e. The van der Waals surface area contributed by atoms with Gasteiger partial charge in [-0.1, -0.05) is 26.8 Å². The highest BCUT2D eigenvalue weighted by molar-refractivity contribution is 5.69. The molecule has 4 fully saturated rings. The molecule has 3 unspecified atom stereocenters. The molecule has 41 heavy (non-hydrogen) atoms. The third-order valence-corrected chi connectivity index (χ3v) is 12.7. The molecule has 5 rings (SSSR count). The van der Waals surface area contributed by atoms with Crippen molar-refractivity contribution in [3.8, 4) is 0 Å². The van der Waals surface area contributed by atoms with Gasteiger partial charge < -0.3 is 20.5 Å². The van der Waals surface area contributed by atoms with Crippen molar-refractivity contribution >= 4 is 5.97 Å². The van der Waals surface area contributed by atoms with E-state index >= 15 is 0 Å². The number of aromatic nitrogens is 1. The Morgan fingerprint density at radius 1 is 1.07 bits per heavy atom. The second-order valence-corrected chi connectivity index (χ2v) is 14.7. The fourth-order valence-electron chi connectivity index (χ4n) is 10.4. The summed E-state index contributed by atoms with van der Waals surface area (Å²) in [5, 5.41) is 19.1. The van der Waals surface area contributed by atoms with Gasteiger partial charge in [0.1, 0.15) is 0 Å². The molecule has 0 amide bonds. The van der Waals surface area contributed by atoms with Crippen LogP contribution in [0.2, 0.25) is 0 Å². The van der Waals surface area contributed by atoms with Crippen molar-refractivity contribution in [2.75, 3.05) is 20.2 Å². The van der Waals surface area contributed by atoms with Crippen molar-refractivity contribution in [2.45, 2.75) is 117 Å². The fourth-order valence-corrected chi connectivity index (χ4v) is 10.4. The maximum Gasteiger partial charge on any atom is 0.305 e. The first-order valence-electron chi connectivity index (χ1n) is 16.8. The lowest BCUT2D eigenvalue weighted by molar-refractivity contribution is -0.167. The Bertz CT molecular complexity index is 990. The Labute approximate surface area is 249 Å². The topological polar surface area (TPSA) is 83.5 Å². The lowest BCUT2D eigenvalue weighted by atomic mass is 9.43. The monoisotopic (exact) mass is 567 g/mol. The first kappa shape index (κ1) is 30.9. The number of fused-ring (bicyclic) bond motifs is 5. The van der Waals surface area contributed by atoms with Crippen LogP contribution in [-0.4, -0.2) is 48.4 Å². The van der Waals surface area contributed by atoms with Crippen molar-refractivity contribution in [2.24, 2.45) is 46.3 Å². The minimum absolute atomic E-state index is 0.0827. The van der Waals surface area contributed by atoms with Gasteiger partial charge in [-0.25, -0.2) is 0 Å². The van der Waals surface area contributed by atoms with Crippen LogP contribution in [0.15, 0.2) is 24.4 Å². The maximum absolute atomic E-state index is 11.8. The molecule has 6 nitrogen and oxygen atoms in total. The molecule has 4 aliphatic rings. The van der Waals surface area contributed by atoms with Crippen LogP contribution in [-0.2, 0) is 16.1 Å². The van der Waals surface area contributed by atoms with Crippen molar-refractivity contribution in [3.63, 3.8) is 0 Å². The summed E-state index contributed by atoms with van der Waals surface area (Å²) in [6, 6.07) is 6.67. The van der Waals surface area contributed by atoms with E-state index in [-0.39, 0.29) is 12.1 Å². The van der Waals surface area contributed by atoms with E-state index in [0.29, 0.717) is 58.8 Å². The SMILES string of the molecule is COC(=O)CC[C@@H](C)[C@H]1CCC2C3C(CC[C@@]21C)[C@@]1(C)CC[C@H](NCCCCNCc2ccccn2)C[C@H]1C[C@H]3O. The number of rotatable bonds is 12. The number of nitrogens with zero attached hydrogens (tertiary/aromatic N) is 1. The molecule has 0 bridgehead atoms. The number of carbonyl (C=O) groups is 1. The third-order valence-electron chi connectivity index (χ3n) is 12.7. The van der Waals surface area contributed by atoms with Crippen molar-refractivity contribution in [1.82, 2.24) is 15.6 Å². The van der Waals surface area contributed by atoms with Gasteiger partial charge >= 0.3 is 5.97 Å². The summed E-state index contributed by atoms with van der Waals surface area (Å²) in [5.74, 6) is 3.47. The Morgan fingerprint density at radius 3 is 2.63 bits per heavy atom. The number of hydrogen-bond acceptors (Lipinski definition) is 6. The molecule has 4 aliphatic carbocycles. The quantitative estimate of drug-likeness (QED) is 0.208. The van der Waals surface area contributed by atoms with Gasteiger partial charge in [0.15, 0.2) is 0 Å². The van der Waals surface area contributed by atoms with Crippen molar-refractivity contribution < 1.29 is 14.6 Å². The number of aliphatic hydroxyl groups is 1. The molecule has 1 aromatic heterocycles. The molecule has 0 radical (unpaired) electrons. The molecule has 1 aromatic rings. The molecule has 1 heterocycles. The van der Waals surface area contributed by atoms with Crippen molar-refractivity contribution in [1.29, 1.82) is 0 Å². The second-order valence-electron chi connectivity index (χ2n) is 14.7. The van der Waals surface area contributed by atoms with Gasteiger partial charge in [0, 0.05) is 25.2 Å². The zero-order chi connectivity index (χ0) is 29.0. The highest BCUT2D eigenvalue weighted by Gasteiger charge is 2.62. The molecule has 0 spiro atoms. The number of hydrogen-bond donors (Lipinski definition) is 3. The number of nitrogens with one attached hydrogen (secondary N) is 2. The van der Waals surface area contributed by atoms with E-state index in [0.717, 1.165) is 38.2 Å². The van der Waals surface area contributed by atoms with Crippen LogP contribution in [0.5, 0.6) is 0 Å². The standard InChI is InChI=1S/C35H57N3O3/c1-24(10-13-32(40)41-4)28-11-12-29-33-30(15-17-35(28,29)3)34(2)16-14-26(21-25(34)22-31(33)39)37-20-8-7-18-36-23-27-9-5-6-19-38-27/h5-6,9,19,24-26,28-31,33,36-37,39H,7-8,10-18,20-23H2,1-4H3/t24-,25+,26+,28-,29?,30?,31-,33?,34+,35-/m1/s1. The Balaban J connectivity index is 1.10. The molecule has 6 heteroatoms. The van der Waals surface area contributed by atoms with E-state index < -0.39 is 0 Å². The van der Waals surface area contributed by atoms with Gasteiger partial charge in [0.05, 0.1) is 18.9 Å². The number of aliphatic hydroxyl groups excluding tert-OH is 1. The van der Waals surface area contributed by atoms with Gasteiger partial charge in [0.2, 0.25) is 0 Å². The van der Waals surface area contributed by atoms with Crippen LogP contribution in [0.3, 0.4) is 0 Å². The lowest BCUT2D eigenvalue weighted by Crippen LogP contribution is -2.59. The Hall–Kier alpha value is -1.50. The van der Waals surface area contributed by atoms with Crippen LogP contribution in [0.25, 0.3) is 0 Å². The minimum Gasteiger partial charge on any atom is -0.469 e. The van der Waals surface area contributed by atoms with E-state index in [4.69, 9.17) is 4.74 Å². The van der Waals surface area contributed by atoms with Gasteiger partial charge in [-0.15, -0.1) is 0 Å². The first-order chi connectivity index (χ1) is 19.8. The Morgan fingerprint density at radius 2 is 1.85 bits per heavy atom. The summed E-state index contributed by atoms with van der Waals surface area (Å²) in [7, 11) is 1.49. The normalized spacial score (nSPS) is 38.9. The van der Waals surface area contributed by atoms with Gasteiger partial charge in [-0.05, 0) is 142 Å². The average Bonchev–Trinajstić information content (AvgIpc) is 3.33. The van der Waals surface area contributed by atoms with E-state index in [9.17, 15) is 9.90 Å². The zero-order valence-corrected chi connectivity index (χ0v) is 26.2. The van der Waals surface area contributed by atoms with Crippen molar-refractivity contribution in [3.05, 3.63) is 30.1 Å². The number of pyridine rings is 1. The predicted octanol–water partition coefficient (Wildman–Crippen LogP) is 6.13. The fraction of sp³-hybridized carbons (Fsp3) is 0.829. The Kier molecular flexibility index (Phi) is 10.1. The van der Waals surface area contributed by atoms with Crippen LogP contribution in [0, 0.1) is 46.3 Å². The van der Waals surface area contributed by atoms with E-state index in [1.54, 1.807) is 0 Å². The van der Waals surface area contributed by atoms with E-state index in [2.05, 4.69) is 42.5 Å². The second kappa shape index (κ2) is 13.4. The molecule has 0 saturated heterocycles. The van der Waals surface area contributed by atoms with Crippen LogP contribution in [0.1, 0.15) is 104 Å². The number of methoxy groups -OCH3 is 1. The highest BCUT2D eigenvalue weighted by Crippen LogP contribution is 2.68. The summed E-state index contributed by atoms with van der Waals surface area (Å²) < 4.78 is 4.92. The van der Waals surface area contributed by atoms with Crippen LogP contribution >= 0.6 is 0 Å². The number of ether oxygens (including phenoxy) is 1. The summed E-state index contributed by atoms with van der Waals surface area (Å²) in [6.45, 7) is 10.5. The van der Waals surface area contributed by atoms with E-state index in [1.165, 1.54) is 64.9 Å². The molecular formula is C35H57N3O3. The van der Waals surface area contributed by atoms with Gasteiger partial charge in [-0.2, -0.15) is 0 Å². The molecule has 0 aromatic carbocycles. The molecule has 230 valence electrons. The summed E-state index contributed by atoms with van der Waals surface area (Å²) >= 11 is 0. The highest BCUT2D eigenvalue weighted by atomic mass is 16.5. The average molecular weight is 568 g/mol. The molecule has 10 atom stereocenters. The molecule has 3 N–H and O–H groups in total. The number of carbonyl (C=O) groups excluding carboxylic acids is 1. The molecular weight excluding hydrogens is 510 g/mol. The number of unbranched alkanes of at least 4 members (excludes halogenated alkanes) is 1. The lowest BCUT2D eigenvalue weighted by Gasteiger charge is -2.62. The number of esters is 1. The van der Waals surface area contributed by atoms with Gasteiger partial charge in [0.25, 0.3) is 0 Å². The predicted molar refractivity (Wildman–Crippen MR) is 164 cm³/mol. The smallest absolute Gasteiger partial charge is 0.305 e. The van der Waals surface area contributed by atoms with Crippen LogP contribution < -0.4 is 10.6 Å². The molecule has 0 aliphatic heterocycles. The summed E-state index contributed by atoms with van der Waals surface area (Å²) in [6.07, 6.45) is 15.4.